The molecule has 1 aliphatic rings. The Bertz CT molecular complexity index is 644. The molecular formula is C13H13F3N2O3S. The van der Waals surface area contributed by atoms with Crippen LogP contribution >= 0.6 is 0 Å². The first kappa shape index (κ1) is 16.9. The summed E-state index contributed by atoms with van der Waals surface area (Å²) in [5.41, 5.74) is -2.77. The van der Waals surface area contributed by atoms with Crippen LogP contribution in [0.4, 0.5) is 13.2 Å². The Morgan fingerprint density at radius 3 is 2.64 bits per heavy atom. The summed E-state index contributed by atoms with van der Waals surface area (Å²) in [6.45, 7) is -0.644. The lowest BCUT2D eigenvalue weighted by Crippen LogP contribution is -2.37. The van der Waals surface area contributed by atoms with E-state index in [1.807, 2.05) is 0 Å². The van der Waals surface area contributed by atoms with Crippen molar-refractivity contribution in [1.82, 2.24) is 4.31 Å². The molecule has 1 aliphatic heterocycles. The fourth-order valence-corrected chi connectivity index (χ4v) is 3.64. The first-order valence-corrected chi connectivity index (χ1v) is 7.42. The molecule has 2 N–H and O–H groups in total. The lowest BCUT2D eigenvalue weighted by atomic mass is 10.1. The van der Waals surface area contributed by atoms with Crippen molar-refractivity contribution in [3.63, 3.8) is 0 Å². The number of rotatable bonds is 3. The van der Waals surface area contributed by atoms with Gasteiger partial charge in [0.25, 0.3) is 0 Å². The smallest absolute Gasteiger partial charge is 0.393 e. The van der Waals surface area contributed by atoms with Crippen molar-refractivity contribution in [3.8, 4) is 6.07 Å². The lowest BCUT2D eigenvalue weighted by Gasteiger charge is -2.21. The van der Waals surface area contributed by atoms with Gasteiger partial charge in [-0.1, -0.05) is 0 Å². The van der Waals surface area contributed by atoms with Crippen molar-refractivity contribution >= 4 is 11.0 Å². The van der Waals surface area contributed by atoms with Crippen LogP contribution in [0.15, 0.2) is 23.1 Å². The quantitative estimate of drug-likeness (QED) is 0.865. The number of aliphatic hydroxyl groups excluding tert-OH is 1. The maximum absolute atomic E-state index is 13.1. The molecular weight excluding hydrogens is 321 g/mol. The fourth-order valence-electron chi connectivity index (χ4n) is 2.20. The second-order valence-electron chi connectivity index (χ2n) is 5.07. The standard InChI is InChI=1S/C13H13F3N2O3S/c14-13(15,16)10-5-9(6-17)1-2-11(10)22(21)18-4-3-12(20,7-18)8-19/h1-2,5,19-20H,3-4,7-8H2. The van der Waals surface area contributed by atoms with E-state index in [1.54, 1.807) is 6.07 Å². The summed E-state index contributed by atoms with van der Waals surface area (Å²) in [6, 6.07) is 4.44. The van der Waals surface area contributed by atoms with Crippen LogP contribution in [0.1, 0.15) is 17.5 Å². The van der Waals surface area contributed by atoms with E-state index in [2.05, 4.69) is 0 Å². The number of nitrogens with zero attached hydrogens (tertiary/aromatic N) is 2. The highest BCUT2D eigenvalue weighted by Crippen LogP contribution is 2.36. The van der Waals surface area contributed by atoms with Gasteiger partial charge in [-0.3, -0.25) is 0 Å². The minimum absolute atomic E-state index is 0.0982. The van der Waals surface area contributed by atoms with Crippen LogP contribution in [0, 0.1) is 11.3 Å². The number of aliphatic hydroxyl groups is 2. The van der Waals surface area contributed by atoms with Gasteiger partial charge in [0.1, 0.15) is 16.6 Å². The second-order valence-corrected chi connectivity index (χ2v) is 6.52. The van der Waals surface area contributed by atoms with E-state index >= 15 is 0 Å². The molecule has 0 saturated carbocycles. The number of hydrogen-bond acceptors (Lipinski definition) is 4. The molecule has 120 valence electrons. The van der Waals surface area contributed by atoms with Crippen molar-refractivity contribution in [2.45, 2.75) is 23.1 Å². The Balaban J connectivity index is 2.37. The van der Waals surface area contributed by atoms with Crippen LogP contribution in [0.25, 0.3) is 0 Å². The number of benzene rings is 1. The van der Waals surface area contributed by atoms with Gasteiger partial charge in [-0.25, -0.2) is 8.51 Å². The highest BCUT2D eigenvalue weighted by molar-refractivity contribution is 7.82. The summed E-state index contributed by atoms with van der Waals surface area (Å²) < 4.78 is 52.8. The monoisotopic (exact) mass is 334 g/mol. The average molecular weight is 334 g/mol. The third kappa shape index (κ3) is 3.30. The molecule has 22 heavy (non-hydrogen) atoms. The molecule has 1 fully saturated rings. The first-order chi connectivity index (χ1) is 10.2. The third-order valence-corrected chi connectivity index (χ3v) is 4.94. The van der Waals surface area contributed by atoms with Crippen LogP contribution < -0.4 is 0 Å². The number of alkyl halides is 3. The minimum Gasteiger partial charge on any atom is -0.393 e. The van der Waals surface area contributed by atoms with Gasteiger partial charge in [0.2, 0.25) is 0 Å². The molecule has 1 aromatic carbocycles. The van der Waals surface area contributed by atoms with E-state index < -0.39 is 39.8 Å². The molecule has 0 radical (unpaired) electrons. The summed E-state index contributed by atoms with van der Waals surface area (Å²) in [5, 5.41) is 27.6. The molecule has 0 bridgehead atoms. The van der Waals surface area contributed by atoms with E-state index in [1.165, 1.54) is 4.31 Å². The molecule has 5 nitrogen and oxygen atoms in total. The van der Waals surface area contributed by atoms with Crippen molar-refractivity contribution in [1.29, 1.82) is 5.26 Å². The zero-order valence-corrected chi connectivity index (χ0v) is 12.1. The second kappa shape index (κ2) is 5.96. The number of β-amino-alcohol motifs (C(OH)–C–C–N with tert-alkyl or cyclic N) is 1. The summed E-state index contributed by atoms with van der Waals surface area (Å²) in [6.07, 6.45) is -4.63. The third-order valence-electron chi connectivity index (χ3n) is 3.43. The van der Waals surface area contributed by atoms with Gasteiger partial charge < -0.3 is 10.2 Å². The van der Waals surface area contributed by atoms with Gasteiger partial charge >= 0.3 is 6.18 Å². The zero-order valence-electron chi connectivity index (χ0n) is 11.3. The molecule has 1 heterocycles. The Hall–Kier alpha value is -1.47. The molecule has 0 amide bonds. The molecule has 9 heteroatoms. The van der Waals surface area contributed by atoms with Crippen molar-refractivity contribution in [2.24, 2.45) is 0 Å². The maximum atomic E-state index is 13.1. The Labute approximate surface area is 127 Å². The summed E-state index contributed by atoms with van der Waals surface area (Å²) in [7, 11) is -2.14. The van der Waals surface area contributed by atoms with Gasteiger partial charge in [0.05, 0.1) is 28.7 Å². The molecule has 0 aromatic heterocycles. The Morgan fingerprint density at radius 1 is 1.45 bits per heavy atom. The van der Waals surface area contributed by atoms with E-state index in [4.69, 9.17) is 10.4 Å². The molecule has 2 atom stereocenters. The molecule has 2 unspecified atom stereocenters. The molecule has 2 rings (SSSR count). The highest BCUT2D eigenvalue weighted by Gasteiger charge is 2.41. The van der Waals surface area contributed by atoms with Gasteiger partial charge in [-0.15, -0.1) is 0 Å². The number of halogens is 3. The number of hydrogen-bond donors (Lipinski definition) is 2. The van der Waals surface area contributed by atoms with Crippen molar-refractivity contribution < 1.29 is 27.6 Å². The summed E-state index contributed by atoms with van der Waals surface area (Å²) in [5.74, 6) is 0. The van der Waals surface area contributed by atoms with E-state index in [9.17, 15) is 22.5 Å². The Morgan fingerprint density at radius 2 is 2.14 bits per heavy atom. The van der Waals surface area contributed by atoms with Gasteiger partial charge in [-0.05, 0) is 24.6 Å². The summed E-state index contributed by atoms with van der Waals surface area (Å²) in [4.78, 5) is -0.464. The Kier molecular flexibility index (Phi) is 4.58. The van der Waals surface area contributed by atoms with Gasteiger partial charge in [0, 0.05) is 13.1 Å². The molecule has 0 aliphatic carbocycles. The zero-order chi connectivity index (χ0) is 16.5. The normalized spacial score (nSPS) is 24.2. The predicted molar refractivity (Wildman–Crippen MR) is 70.8 cm³/mol. The predicted octanol–water partition coefficient (Wildman–Crippen LogP) is 1.03. The van der Waals surface area contributed by atoms with Crippen molar-refractivity contribution in [3.05, 3.63) is 29.3 Å². The van der Waals surface area contributed by atoms with Gasteiger partial charge in [0.15, 0.2) is 0 Å². The maximum Gasteiger partial charge on any atom is 0.417 e. The van der Waals surface area contributed by atoms with Crippen LogP contribution in [0.2, 0.25) is 0 Å². The minimum atomic E-state index is -4.75. The van der Waals surface area contributed by atoms with Crippen LogP contribution in [-0.2, 0) is 17.2 Å². The SMILES string of the molecule is N#Cc1ccc(S(=O)N2CCC(O)(CO)C2)c(C(F)(F)F)c1. The van der Waals surface area contributed by atoms with E-state index in [-0.39, 0.29) is 25.1 Å². The average Bonchev–Trinajstić information content (AvgIpc) is 2.88. The largest absolute Gasteiger partial charge is 0.417 e. The molecule has 0 spiro atoms. The van der Waals surface area contributed by atoms with Crippen LogP contribution in [-0.4, -0.2) is 44.0 Å². The van der Waals surface area contributed by atoms with Crippen LogP contribution in [0.3, 0.4) is 0 Å². The molecule has 1 saturated heterocycles. The molecule has 1 aromatic rings. The topological polar surface area (TPSA) is 84.6 Å². The fraction of sp³-hybridized carbons (Fsp3) is 0.462. The number of nitriles is 1. The van der Waals surface area contributed by atoms with Crippen LogP contribution in [0.5, 0.6) is 0 Å². The van der Waals surface area contributed by atoms with Gasteiger partial charge in [-0.2, -0.15) is 18.4 Å². The van der Waals surface area contributed by atoms with Crippen molar-refractivity contribution in [2.75, 3.05) is 19.7 Å². The first-order valence-electron chi connectivity index (χ1n) is 6.31. The lowest BCUT2D eigenvalue weighted by molar-refractivity contribution is -0.139. The highest BCUT2D eigenvalue weighted by atomic mass is 32.2. The van der Waals surface area contributed by atoms with E-state index in [0.717, 1.165) is 12.1 Å². The summed E-state index contributed by atoms with van der Waals surface area (Å²) >= 11 is 0. The van der Waals surface area contributed by atoms with E-state index in [0.29, 0.717) is 6.07 Å².